The minimum absolute atomic E-state index is 0.104. The van der Waals surface area contributed by atoms with Crippen LogP contribution in [0.2, 0.25) is 0 Å². The highest BCUT2D eigenvalue weighted by Crippen LogP contribution is 2.39. The van der Waals surface area contributed by atoms with Gasteiger partial charge in [-0.05, 0) is 75.9 Å². The molecule has 0 N–H and O–H groups in total. The first-order chi connectivity index (χ1) is 16.0. The van der Waals surface area contributed by atoms with Crippen molar-refractivity contribution in [3.8, 4) is 23.0 Å². The summed E-state index contributed by atoms with van der Waals surface area (Å²) >= 11 is 3.40. The molecule has 2 aromatic carbocycles. The van der Waals surface area contributed by atoms with Crippen LogP contribution in [0.15, 0.2) is 59.3 Å². The fourth-order valence-corrected chi connectivity index (χ4v) is 4.36. The highest BCUT2D eigenvalue weighted by Gasteiger charge is 2.33. The van der Waals surface area contributed by atoms with Crippen molar-refractivity contribution >= 4 is 21.8 Å². The molecule has 172 valence electrons. The van der Waals surface area contributed by atoms with Crippen molar-refractivity contribution in [2.75, 3.05) is 34.5 Å². The summed E-state index contributed by atoms with van der Waals surface area (Å²) in [4.78, 5) is 19.5. The van der Waals surface area contributed by atoms with Crippen LogP contribution in [0.25, 0.3) is 0 Å². The minimum Gasteiger partial charge on any atom is -0.497 e. The molecule has 1 unspecified atom stereocenters. The molecule has 1 amide bonds. The van der Waals surface area contributed by atoms with Crippen LogP contribution in [-0.4, -0.2) is 50.3 Å². The zero-order valence-corrected chi connectivity index (χ0v) is 20.3. The topological polar surface area (TPSA) is 70.1 Å². The molecule has 0 fully saturated rings. The molecule has 0 bridgehead atoms. The molecular weight excluding hydrogens is 488 g/mol. The number of nitrogens with zero attached hydrogens (tertiary/aromatic N) is 2. The van der Waals surface area contributed by atoms with Crippen molar-refractivity contribution in [3.63, 3.8) is 0 Å². The third-order valence-electron chi connectivity index (χ3n) is 5.68. The van der Waals surface area contributed by atoms with E-state index in [1.54, 1.807) is 39.8 Å². The predicted octanol–water partition coefficient (Wildman–Crippen LogP) is 4.69. The Balaban J connectivity index is 1.69. The molecule has 3 aromatic rings. The molecule has 8 heteroatoms. The van der Waals surface area contributed by atoms with Crippen LogP contribution in [0.3, 0.4) is 0 Å². The van der Waals surface area contributed by atoms with Crippen LogP contribution < -0.4 is 18.9 Å². The first kappa shape index (κ1) is 22.9. The molecule has 0 spiro atoms. The molecule has 1 atom stereocenters. The number of hydrogen-bond acceptors (Lipinski definition) is 6. The Bertz CT molecular complexity index is 1140. The molecule has 1 aliphatic rings. The van der Waals surface area contributed by atoms with Gasteiger partial charge in [0.05, 0.1) is 32.9 Å². The van der Waals surface area contributed by atoms with Gasteiger partial charge < -0.3 is 23.8 Å². The summed E-state index contributed by atoms with van der Waals surface area (Å²) < 4.78 is 23.1. The number of benzene rings is 2. The maximum atomic E-state index is 13.5. The Kier molecular flexibility index (Phi) is 7.03. The van der Waals surface area contributed by atoms with Crippen molar-refractivity contribution in [1.82, 2.24) is 9.88 Å². The number of fused-ring (bicyclic) bond motifs is 1. The molecule has 0 saturated carbocycles. The van der Waals surface area contributed by atoms with Gasteiger partial charge in [0.2, 0.25) is 0 Å². The number of aromatic nitrogens is 1. The second-order valence-corrected chi connectivity index (χ2v) is 8.46. The van der Waals surface area contributed by atoms with Crippen LogP contribution in [-0.2, 0) is 6.42 Å². The Hall–Kier alpha value is -3.26. The lowest BCUT2D eigenvalue weighted by atomic mass is 9.91. The van der Waals surface area contributed by atoms with Gasteiger partial charge in [-0.1, -0.05) is 0 Å². The number of carbonyl (C=O) groups excluding carboxylic acids is 1. The van der Waals surface area contributed by atoms with E-state index in [1.165, 1.54) is 0 Å². The van der Waals surface area contributed by atoms with Gasteiger partial charge in [-0.25, -0.2) is 0 Å². The Morgan fingerprint density at radius 3 is 2.36 bits per heavy atom. The summed E-state index contributed by atoms with van der Waals surface area (Å²) in [6, 6.07) is 12.8. The van der Waals surface area contributed by atoms with E-state index >= 15 is 0 Å². The first-order valence-electron chi connectivity index (χ1n) is 10.5. The summed E-state index contributed by atoms with van der Waals surface area (Å²) in [5.41, 5.74) is 2.60. The zero-order chi connectivity index (χ0) is 23.4. The van der Waals surface area contributed by atoms with Crippen LogP contribution in [0.5, 0.6) is 23.0 Å². The molecule has 0 aliphatic carbocycles. The van der Waals surface area contributed by atoms with Crippen LogP contribution in [0, 0.1) is 0 Å². The van der Waals surface area contributed by atoms with E-state index in [0.717, 1.165) is 21.3 Å². The Labute approximate surface area is 201 Å². The first-order valence-corrected chi connectivity index (χ1v) is 11.3. The normalized spacial score (nSPS) is 14.9. The Morgan fingerprint density at radius 1 is 1.00 bits per heavy atom. The number of carbonyl (C=O) groups is 1. The van der Waals surface area contributed by atoms with Gasteiger partial charge in [0.25, 0.3) is 5.91 Å². The van der Waals surface area contributed by atoms with E-state index in [1.807, 2.05) is 41.3 Å². The lowest BCUT2D eigenvalue weighted by molar-refractivity contribution is 0.0588. The van der Waals surface area contributed by atoms with Gasteiger partial charge in [0.15, 0.2) is 11.5 Å². The number of rotatable bonds is 7. The van der Waals surface area contributed by atoms with E-state index in [4.69, 9.17) is 18.9 Å². The number of ether oxygens (including phenoxy) is 4. The number of methoxy groups -OCH3 is 3. The van der Waals surface area contributed by atoms with Crippen LogP contribution in [0.4, 0.5) is 0 Å². The fourth-order valence-electron chi connectivity index (χ4n) is 3.99. The van der Waals surface area contributed by atoms with Crippen molar-refractivity contribution < 1.29 is 23.7 Å². The number of halogens is 1. The third kappa shape index (κ3) is 4.90. The van der Waals surface area contributed by atoms with Crippen LogP contribution >= 0.6 is 15.9 Å². The molecular formula is C25H25BrN2O5. The van der Waals surface area contributed by atoms with Crippen molar-refractivity contribution in [2.24, 2.45) is 0 Å². The number of pyridine rings is 1. The largest absolute Gasteiger partial charge is 0.497 e. The minimum atomic E-state index is -0.317. The zero-order valence-electron chi connectivity index (χ0n) is 18.7. The summed E-state index contributed by atoms with van der Waals surface area (Å²) in [6.07, 6.45) is 3.93. The summed E-state index contributed by atoms with van der Waals surface area (Å²) in [5, 5.41) is 0. The van der Waals surface area contributed by atoms with Gasteiger partial charge in [-0.15, -0.1) is 0 Å². The van der Waals surface area contributed by atoms with E-state index in [-0.39, 0.29) is 18.6 Å². The van der Waals surface area contributed by atoms with Gasteiger partial charge in [0, 0.05) is 23.4 Å². The summed E-state index contributed by atoms with van der Waals surface area (Å²) in [5.74, 6) is 2.62. The van der Waals surface area contributed by atoms with E-state index in [2.05, 4.69) is 20.9 Å². The van der Waals surface area contributed by atoms with Crippen molar-refractivity contribution in [1.29, 1.82) is 0 Å². The second-order valence-electron chi connectivity index (χ2n) is 7.55. The number of amides is 1. The average Bonchev–Trinajstić information content (AvgIpc) is 2.86. The standard InChI is InChI=1S/C25H25BrN2O5/c1-30-19-4-6-20(7-5-19)33-15-22-21-12-24(32-3)23(31-2)11-16(21)8-9-28(22)25(29)17-10-18(26)14-27-13-17/h4-7,10-14,22H,8-9,15H2,1-3H3. The quantitative estimate of drug-likeness (QED) is 0.457. The molecule has 2 heterocycles. The maximum absolute atomic E-state index is 13.5. The summed E-state index contributed by atoms with van der Waals surface area (Å²) in [6.45, 7) is 0.826. The molecule has 0 saturated heterocycles. The highest BCUT2D eigenvalue weighted by molar-refractivity contribution is 9.10. The van der Waals surface area contributed by atoms with Crippen molar-refractivity contribution in [3.05, 3.63) is 76.0 Å². The van der Waals surface area contributed by atoms with E-state index in [9.17, 15) is 4.79 Å². The lowest BCUT2D eigenvalue weighted by Crippen LogP contribution is -2.42. The molecule has 33 heavy (non-hydrogen) atoms. The van der Waals surface area contributed by atoms with E-state index in [0.29, 0.717) is 35.8 Å². The van der Waals surface area contributed by atoms with Crippen LogP contribution in [0.1, 0.15) is 27.5 Å². The SMILES string of the molecule is COc1ccc(OCC2c3cc(OC)c(OC)cc3CCN2C(=O)c2cncc(Br)c2)cc1. The van der Waals surface area contributed by atoms with Gasteiger partial charge in [-0.2, -0.15) is 0 Å². The van der Waals surface area contributed by atoms with E-state index < -0.39 is 0 Å². The van der Waals surface area contributed by atoms with Gasteiger partial charge >= 0.3 is 0 Å². The molecule has 7 nitrogen and oxygen atoms in total. The third-order valence-corrected chi connectivity index (χ3v) is 6.12. The maximum Gasteiger partial charge on any atom is 0.256 e. The van der Waals surface area contributed by atoms with Gasteiger partial charge in [-0.3, -0.25) is 9.78 Å². The van der Waals surface area contributed by atoms with Gasteiger partial charge in [0.1, 0.15) is 18.1 Å². The lowest BCUT2D eigenvalue weighted by Gasteiger charge is -2.37. The fraction of sp³-hybridized carbons (Fsp3) is 0.280. The predicted molar refractivity (Wildman–Crippen MR) is 127 cm³/mol. The second kappa shape index (κ2) is 10.1. The molecule has 1 aromatic heterocycles. The molecule has 1 aliphatic heterocycles. The monoisotopic (exact) mass is 512 g/mol. The summed E-state index contributed by atoms with van der Waals surface area (Å²) in [7, 11) is 4.84. The molecule has 0 radical (unpaired) electrons. The highest BCUT2D eigenvalue weighted by atomic mass is 79.9. The molecule has 4 rings (SSSR count). The number of hydrogen-bond donors (Lipinski definition) is 0. The Morgan fingerprint density at radius 2 is 1.70 bits per heavy atom. The smallest absolute Gasteiger partial charge is 0.256 e. The van der Waals surface area contributed by atoms with Crippen molar-refractivity contribution in [2.45, 2.75) is 12.5 Å². The average molecular weight is 513 g/mol.